The lowest BCUT2D eigenvalue weighted by molar-refractivity contribution is -0.119. The third kappa shape index (κ3) is 4.35. The third-order valence-electron chi connectivity index (χ3n) is 5.86. The maximum absolute atomic E-state index is 14.1. The zero-order valence-corrected chi connectivity index (χ0v) is 17.7. The Hall–Kier alpha value is -2.44. The van der Waals surface area contributed by atoms with Crippen LogP contribution in [0.3, 0.4) is 0 Å². The van der Waals surface area contributed by atoms with Crippen LogP contribution in [-0.4, -0.2) is 54.8 Å². The maximum Gasteiger partial charge on any atom is 0.256 e. The molecular formula is C23H25ClFN3O2. The quantitative estimate of drug-likeness (QED) is 0.726. The standard InChI is InChI=1S/C23H25ClFN3O2/c1-26(22(29)16-9-10-16)21-8-3-2-5-17(21)23(30)28-13-11-27(12-14-28)15-18-19(24)6-4-7-20(18)25/h2-8,16H,9-15H2,1H3. The number of carbonyl (C=O) groups is 2. The second-order valence-electron chi connectivity index (χ2n) is 7.96. The first-order chi connectivity index (χ1) is 14.5. The second kappa shape index (κ2) is 8.74. The normalized spacial score (nSPS) is 17.1. The summed E-state index contributed by atoms with van der Waals surface area (Å²) in [5.74, 6) is -0.225. The number of benzene rings is 2. The van der Waals surface area contributed by atoms with Gasteiger partial charge in [-0.2, -0.15) is 0 Å². The number of halogens is 2. The lowest BCUT2D eigenvalue weighted by Gasteiger charge is -2.35. The fraction of sp³-hybridized carbons (Fsp3) is 0.391. The molecule has 2 aliphatic rings. The molecule has 0 spiro atoms. The summed E-state index contributed by atoms with van der Waals surface area (Å²) in [6, 6.07) is 12.0. The number of amides is 2. The average Bonchev–Trinajstić information content (AvgIpc) is 3.61. The SMILES string of the molecule is CN(C(=O)C1CC1)c1ccccc1C(=O)N1CCN(Cc2c(F)cccc2Cl)CC1. The van der Waals surface area contributed by atoms with Crippen LogP contribution in [-0.2, 0) is 11.3 Å². The number of carbonyl (C=O) groups excluding carboxylic acids is 2. The van der Waals surface area contributed by atoms with Crippen molar-refractivity contribution in [1.29, 1.82) is 0 Å². The number of nitrogens with zero attached hydrogens (tertiary/aromatic N) is 3. The van der Waals surface area contributed by atoms with E-state index in [2.05, 4.69) is 4.90 Å². The van der Waals surface area contributed by atoms with Crippen LogP contribution in [0.25, 0.3) is 0 Å². The highest BCUT2D eigenvalue weighted by atomic mass is 35.5. The molecule has 0 unspecified atom stereocenters. The van der Waals surface area contributed by atoms with E-state index in [1.54, 1.807) is 35.0 Å². The van der Waals surface area contributed by atoms with Crippen LogP contribution in [0.1, 0.15) is 28.8 Å². The molecule has 0 N–H and O–H groups in total. The summed E-state index contributed by atoms with van der Waals surface area (Å²) in [7, 11) is 1.74. The van der Waals surface area contributed by atoms with E-state index in [1.165, 1.54) is 6.07 Å². The molecule has 2 fully saturated rings. The van der Waals surface area contributed by atoms with Gasteiger partial charge in [0, 0.05) is 56.3 Å². The molecule has 1 saturated carbocycles. The van der Waals surface area contributed by atoms with E-state index in [0.717, 1.165) is 12.8 Å². The van der Waals surface area contributed by atoms with Gasteiger partial charge < -0.3 is 9.80 Å². The summed E-state index contributed by atoms with van der Waals surface area (Å²) < 4.78 is 14.1. The molecular weight excluding hydrogens is 405 g/mol. The number of hydrogen-bond acceptors (Lipinski definition) is 3. The van der Waals surface area contributed by atoms with Crippen molar-refractivity contribution < 1.29 is 14.0 Å². The van der Waals surface area contributed by atoms with Gasteiger partial charge in [0.25, 0.3) is 5.91 Å². The summed E-state index contributed by atoms with van der Waals surface area (Å²) in [6.45, 7) is 2.77. The summed E-state index contributed by atoms with van der Waals surface area (Å²) in [5, 5.41) is 0.422. The van der Waals surface area contributed by atoms with Gasteiger partial charge in [-0.1, -0.05) is 29.8 Å². The van der Waals surface area contributed by atoms with Crippen LogP contribution in [0, 0.1) is 11.7 Å². The Balaban J connectivity index is 1.42. The topological polar surface area (TPSA) is 43.9 Å². The van der Waals surface area contributed by atoms with E-state index in [9.17, 15) is 14.0 Å². The highest BCUT2D eigenvalue weighted by molar-refractivity contribution is 6.31. The lowest BCUT2D eigenvalue weighted by atomic mass is 10.1. The third-order valence-corrected chi connectivity index (χ3v) is 6.21. The molecule has 2 amide bonds. The monoisotopic (exact) mass is 429 g/mol. The van der Waals surface area contributed by atoms with Gasteiger partial charge in [0.05, 0.1) is 11.3 Å². The number of rotatable bonds is 5. The van der Waals surface area contributed by atoms with E-state index in [1.807, 2.05) is 18.2 Å². The van der Waals surface area contributed by atoms with Gasteiger partial charge in [-0.25, -0.2) is 4.39 Å². The van der Waals surface area contributed by atoms with Crippen molar-refractivity contribution in [2.45, 2.75) is 19.4 Å². The van der Waals surface area contributed by atoms with Crippen molar-refractivity contribution in [2.24, 2.45) is 5.92 Å². The molecule has 1 saturated heterocycles. The number of para-hydroxylation sites is 1. The summed E-state index contributed by atoms with van der Waals surface area (Å²) >= 11 is 6.14. The molecule has 7 heteroatoms. The van der Waals surface area contributed by atoms with Crippen LogP contribution < -0.4 is 4.90 Å². The first kappa shape index (κ1) is 20.8. The first-order valence-electron chi connectivity index (χ1n) is 10.3. The van der Waals surface area contributed by atoms with E-state index in [-0.39, 0.29) is 23.5 Å². The van der Waals surface area contributed by atoms with Gasteiger partial charge in [0.2, 0.25) is 5.91 Å². The Morgan fingerprint density at radius 3 is 2.43 bits per heavy atom. The Kier molecular flexibility index (Phi) is 6.06. The smallest absolute Gasteiger partial charge is 0.256 e. The highest BCUT2D eigenvalue weighted by Gasteiger charge is 2.34. The van der Waals surface area contributed by atoms with Gasteiger partial charge in [-0.3, -0.25) is 14.5 Å². The van der Waals surface area contributed by atoms with Gasteiger partial charge in [0.1, 0.15) is 5.82 Å². The zero-order valence-electron chi connectivity index (χ0n) is 17.0. The molecule has 0 aromatic heterocycles. The van der Waals surface area contributed by atoms with Gasteiger partial charge >= 0.3 is 0 Å². The van der Waals surface area contributed by atoms with Crippen molar-refractivity contribution in [2.75, 3.05) is 38.1 Å². The summed E-state index contributed by atoms with van der Waals surface area (Å²) in [4.78, 5) is 31.2. The van der Waals surface area contributed by atoms with Crippen molar-refractivity contribution in [3.05, 3.63) is 64.4 Å². The molecule has 2 aromatic rings. The minimum absolute atomic E-state index is 0.0711. The van der Waals surface area contributed by atoms with E-state index < -0.39 is 0 Å². The van der Waals surface area contributed by atoms with Crippen molar-refractivity contribution in [3.63, 3.8) is 0 Å². The van der Waals surface area contributed by atoms with Gasteiger partial charge in [0.15, 0.2) is 0 Å². The Labute approximate surface area is 181 Å². The maximum atomic E-state index is 14.1. The number of piperazine rings is 1. The molecule has 1 aliphatic heterocycles. The molecule has 158 valence electrons. The largest absolute Gasteiger partial charge is 0.336 e. The van der Waals surface area contributed by atoms with E-state index in [4.69, 9.17) is 11.6 Å². The van der Waals surface area contributed by atoms with Crippen molar-refractivity contribution >= 4 is 29.1 Å². The molecule has 0 bridgehead atoms. The van der Waals surface area contributed by atoms with Crippen LogP contribution >= 0.6 is 11.6 Å². The van der Waals surface area contributed by atoms with Gasteiger partial charge in [-0.05, 0) is 37.1 Å². The average molecular weight is 430 g/mol. The predicted molar refractivity (Wildman–Crippen MR) is 115 cm³/mol. The van der Waals surface area contributed by atoms with E-state index in [0.29, 0.717) is 54.6 Å². The molecule has 1 aliphatic carbocycles. The Morgan fingerprint density at radius 2 is 1.77 bits per heavy atom. The Morgan fingerprint density at radius 1 is 1.07 bits per heavy atom. The minimum Gasteiger partial charge on any atom is -0.336 e. The summed E-state index contributed by atoms with van der Waals surface area (Å²) in [6.07, 6.45) is 1.85. The second-order valence-corrected chi connectivity index (χ2v) is 8.36. The fourth-order valence-corrected chi connectivity index (χ4v) is 4.08. The van der Waals surface area contributed by atoms with Crippen LogP contribution in [0.15, 0.2) is 42.5 Å². The van der Waals surface area contributed by atoms with Crippen molar-refractivity contribution in [1.82, 2.24) is 9.80 Å². The van der Waals surface area contributed by atoms with Crippen LogP contribution in [0.5, 0.6) is 0 Å². The molecule has 2 aromatic carbocycles. The molecule has 30 heavy (non-hydrogen) atoms. The van der Waals surface area contributed by atoms with Crippen LogP contribution in [0.2, 0.25) is 5.02 Å². The fourth-order valence-electron chi connectivity index (χ4n) is 3.86. The molecule has 4 rings (SSSR count). The number of anilines is 1. The first-order valence-corrected chi connectivity index (χ1v) is 10.6. The predicted octanol–water partition coefficient (Wildman–Crippen LogP) is 3.81. The lowest BCUT2D eigenvalue weighted by Crippen LogP contribution is -2.48. The summed E-state index contributed by atoms with van der Waals surface area (Å²) in [5.41, 5.74) is 1.68. The molecule has 0 atom stereocenters. The zero-order chi connectivity index (χ0) is 21.3. The van der Waals surface area contributed by atoms with Crippen molar-refractivity contribution in [3.8, 4) is 0 Å². The Bertz CT molecular complexity index is 935. The number of hydrogen-bond donors (Lipinski definition) is 0. The van der Waals surface area contributed by atoms with Crippen LogP contribution in [0.4, 0.5) is 10.1 Å². The molecule has 5 nitrogen and oxygen atoms in total. The van der Waals surface area contributed by atoms with E-state index >= 15 is 0 Å². The minimum atomic E-state index is -0.307. The molecule has 0 radical (unpaired) electrons. The highest BCUT2D eigenvalue weighted by Crippen LogP contribution is 2.33. The molecule has 1 heterocycles. The van der Waals surface area contributed by atoms with Gasteiger partial charge in [-0.15, -0.1) is 0 Å².